The van der Waals surface area contributed by atoms with Crippen molar-refractivity contribution in [3.05, 3.63) is 60.6 Å². The number of carbonyl (C=O) groups excluding carboxylic acids is 1. The minimum absolute atomic E-state index is 0.0957. The molecule has 0 aliphatic carbocycles. The molecular formula is C20H18N6O. The third kappa shape index (κ3) is 3.62. The second-order valence-electron chi connectivity index (χ2n) is 6.24. The van der Waals surface area contributed by atoms with Crippen molar-refractivity contribution >= 4 is 34.3 Å². The van der Waals surface area contributed by atoms with Gasteiger partial charge < -0.3 is 15.6 Å². The zero-order valence-corrected chi connectivity index (χ0v) is 14.9. The topological polar surface area (TPSA) is 95.6 Å². The summed E-state index contributed by atoms with van der Waals surface area (Å²) < 4.78 is 0. The van der Waals surface area contributed by atoms with Crippen LogP contribution in [0.15, 0.2) is 55.0 Å². The summed E-state index contributed by atoms with van der Waals surface area (Å²) in [4.78, 5) is 27.5. The molecule has 27 heavy (non-hydrogen) atoms. The van der Waals surface area contributed by atoms with E-state index in [0.717, 1.165) is 39.2 Å². The van der Waals surface area contributed by atoms with Crippen molar-refractivity contribution in [2.24, 2.45) is 0 Å². The Morgan fingerprint density at radius 1 is 1.04 bits per heavy atom. The number of aromatic nitrogens is 4. The van der Waals surface area contributed by atoms with Crippen molar-refractivity contribution in [3.8, 4) is 11.3 Å². The van der Waals surface area contributed by atoms with Gasteiger partial charge in [0, 0.05) is 30.1 Å². The number of amides is 1. The third-order valence-electron chi connectivity index (χ3n) is 4.13. The van der Waals surface area contributed by atoms with Gasteiger partial charge in [0.25, 0.3) is 0 Å². The fraction of sp³-hybridized carbons (Fsp3) is 0.100. The number of hydrogen-bond acceptors (Lipinski definition) is 5. The molecule has 4 rings (SSSR count). The quantitative estimate of drug-likeness (QED) is 0.512. The lowest BCUT2D eigenvalue weighted by atomic mass is 10.1. The standard InChI is InChI=1S/C20H18N6O/c1-12-10-21-20(25-16-7-8-17-18(9-16)23-11-22-17)26-19(12)14-3-5-15(6-4-14)24-13(2)27/h3-11H,1-2H3,(H,22,23)(H,24,27)(H,21,25,26). The fourth-order valence-electron chi connectivity index (χ4n) is 2.85. The molecule has 0 fully saturated rings. The molecule has 0 bridgehead atoms. The Bertz CT molecular complexity index is 1120. The first kappa shape index (κ1) is 16.7. The van der Waals surface area contributed by atoms with Gasteiger partial charge in [0.05, 0.1) is 23.1 Å². The lowest BCUT2D eigenvalue weighted by Gasteiger charge is -2.10. The smallest absolute Gasteiger partial charge is 0.227 e. The molecule has 0 atom stereocenters. The van der Waals surface area contributed by atoms with Gasteiger partial charge in [-0.25, -0.2) is 15.0 Å². The van der Waals surface area contributed by atoms with Crippen molar-refractivity contribution in [1.29, 1.82) is 0 Å². The van der Waals surface area contributed by atoms with Crippen LogP contribution in [0.5, 0.6) is 0 Å². The summed E-state index contributed by atoms with van der Waals surface area (Å²) in [6, 6.07) is 13.4. The summed E-state index contributed by atoms with van der Waals surface area (Å²) >= 11 is 0. The Hall–Kier alpha value is -3.74. The second kappa shape index (κ2) is 6.87. The van der Waals surface area contributed by atoms with E-state index in [0.29, 0.717) is 5.95 Å². The minimum Gasteiger partial charge on any atom is -0.345 e. The molecule has 0 spiro atoms. The molecule has 2 heterocycles. The molecular weight excluding hydrogens is 340 g/mol. The lowest BCUT2D eigenvalue weighted by molar-refractivity contribution is -0.114. The number of carbonyl (C=O) groups is 1. The van der Waals surface area contributed by atoms with E-state index in [1.54, 1.807) is 12.5 Å². The number of imidazole rings is 1. The number of nitrogens with one attached hydrogen (secondary N) is 3. The van der Waals surface area contributed by atoms with Gasteiger partial charge in [-0.15, -0.1) is 0 Å². The number of anilines is 3. The van der Waals surface area contributed by atoms with E-state index in [1.165, 1.54) is 6.92 Å². The van der Waals surface area contributed by atoms with Gasteiger partial charge in [0.1, 0.15) is 0 Å². The number of nitrogens with zero attached hydrogens (tertiary/aromatic N) is 3. The predicted octanol–water partition coefficient (Wildman–Crippen LogP) is 4.03. The normalized spacial score (nSPS) is 10.7. The van der Waals surface area contributed by atoms with Crippen LogP contribution in [0.25, 0.3) is 22.3 Å². The number of H-pyrrole nitrogens is 1. The van der Waals surface area contributed by atoms with Crippen LogP contribution in [-0.4, -0.2) is 25.8 Å². The highest BCUT2D eigenvalue weighted by molar-refractivity contribution is 5.89. The summed E-state index contributed by atoms with van der Waals surface area (Å²) in [7, 11) is 0. The third-order valence-corrected chi connectivity index (χ3v) is 4.13. The van der Waals surface area contributed by atoms with Crippen molar-refractivity contribution in [3.63, 3.8) is 0 Å². The first-order valence-corrected chi connectivity index (χ1v) is 8.50. The van der Waals surface area contributed by atoms with Crippen molar-refractivity contribution in [2.75, 3.05) is 10.6 Å². The minimum atomic E-state index is -0.0957. The Morgan fingerprint density at radius 2 is 1.81 bits per heavy atom. The van der Waals surface area contributed by atoms with Crippen LogP contribution < -0.4 is 10.6 Å². The maximum Gasteiger partial charge on any atom is 0.227 e. The molecule has 134 valence electrons. The molecule has 3 N–H and O–H groups in total. The number of benzene rings is 2. The van der Waals surface area contributed by atoms with Gasteiger partial charge in [0.2, 0.25) is 11.9 Å². The molecule has 7 heteroatoms. The monoisotopic (exact) mass is 358 g/mol. The fourth-order valence-corrected chi connectivity index (χ4v) is 2.85. The van der Waals surface area contributed by atoms with Crippen LogP contribution >= 0.6 is 0 Å². The van der Waals surface area contributed by atoms with E-state index in [1.807, 2.05) is 49.4 Å². The highest BCUT2D eigenvalue weighted by atomic mass is 16.1. The van der Waals surface area contributed by atoms with Crippen LogP contribution in [0.3, 0.4) is 0 Å². The highest BCUT2D eigenvalue weighted by Crippen LogP contribution is 2.25. The van der Waals surface area contributed by atoms with E-state index in [9.17, 15) is 4.79 Å². The Labute approximate surface area is 155 Å². The molecule has 0 unspecified atom stereocenters. The SMILES string of the molecule is CC(=O)Nc1ccc(-c2nc(Nc3ccc4nc[nH]c4c3)ncc2C)cc1. The van der Waals surface area contributed by atoms with Gasteiger partial charge in [0.15, 0.2) is 0 Å². The lowest BCUT2D eigenvalue weighted by Crippen LogP contribution is -2.05. The van der Waals surface area contributed by atoms with Gasteiger partial charge in [-0.05, 0) is 42.8 Å². The average Bonchev–Trinajstić information content (AvgIpc) is 3.11. The van der Waals surface area contributed by atoms with Crippen LogP contribution in [0.4, 0.5) is 17.3 Å². The van der Waals surface area contributed by atoms with E-state index >= 15 is 0 Å². The number of aromatic amines is 1. The van der Waals surface area contributed by atoms with Gasteiger partial charge in [-0.1, -0.05) is 12.1 Å². The maximum atomic E-state index is 11.2. The largest absolute Gasteiger partial charge is 0.345 e. The van der Waals surface area contributed by atoms with Gasteiger partial charge in [-0.3, -0.25) is 4.79 Å². The van der Waals surface area contributed by atoms with E-state index in [2.05, 4.69) is 30.6 Å². The highest BCUT2D eigenvalue weighted by Gasteiger charge is 2.08. The van der Waals surface area contributed by atoms with Crippen LogP contribution in [0.1, 0.15) is 12.5 Å². The van der Waals surface area contributed by atoms with Crippen molar-refractivity contribution in [2.45, 2.75) is 13.8 Å². The number of hydrogen-bond donors (Lipinski definition) is 3. The molecule has 1 amide bonds. The van der Waals surface area contributed by atoms with Gasteiger partial charge >= 0.3 is 0 Å². The van der Waals surface area contributed by atoms with E-state index < -0.39 is 0 Å². The molecule has 2 aromatic carbocycles. The molecule has 2 aromatic heterocycles. The molecule has 7 nitrogen and oxygen atoms in total. The molecule has 0 aliphatic heterocycles. The molecule has 0 radical (unpaired) electrons. The molecule has 0 aliphatic rings. The number of rotatable bonds is 4. The summed E-state index contributed by atoms with van der Waals surface area (Å²) in [6.45, 7) is 3.46. The zero-order valence-electron chi connectivity index (χ0n) is 14.9. The number of aryl methyl sites for hydroxylation is 1. The molecule has 0 saturated heterocycles. The van der Waals surface area contributed by atoms with E-state index in [-0.39, 0.29) is 5.91 Å². The molecule has 0 saturated carbocycles. The van der Waals surface area contributed by atoms with Crippen LogP contribution in [-0.2, 0) is 4.79 Å². The van der Waals surface area contributed by atoms with Crippen LogP contribution in [0.2, 0.25) is 0 Å². The average molecular weight is 358 g/mol. The summed E-state index contributed by atoms with van der Waals surface area (Å²) in [5.41, 5.74) is 6.25. The maximum absolute atomic E-state index is 11.2. The van der Waals surface area contributed by atoms with Crippen LogP contribution in [0, 0.1) is 6.92 Å². The van der Waals surface area contributed by atoms with Crippen molar-refractivity contribution < 1.29 is 4.79 Å². The summed E-state index contributed by atoms with van der Waals surface area (Å²) in [6.07, 6.45) is 3.46. The first-order chi connectivity index (χ1) is 13.1. The van der Waals surface area contributed by atoms with E-state index in [4.69, 9.17) is 0 Å². The Balaban J connectivity index is 1.61. The summed E-state index contributed by atoms with van der Waals surface area (Å²) in [5, 5.41) is 6.00. The second-order valence-corrected chi connectivity index (χ2v) is 6.24. The molecule has 4 aromatic rings. The van der Waals surface area contributed by atoms with Crippen molar-refractivity contribution in [1.82, 2.24) is 19.9 Å². The van der Waals surface area contributed by atoms with Gasteiger partial charge in [-0.2, -0.15) is 0 Å². The Morgan fingerprint density at radius 3 is 2.59 bits per heavy atom. The predicted molar refractivity (Wildman–Crippen MR) is 106 cm³/mol. The Kier molecular flexibility index (Phi) is 4.25. The first-order valence-electron chi connectivity index (χ1n) is 8.50. The number of fused-ring (bicyclic) bond motifs is 1. The summed E-state index contributed by atoms with van der Waals surface area (Å²) in [5.74, 6) is 0.419. The zero-order chi connectivity index (χ0) is 18.8.